The van der Waals surface area contributed by atoms with Gasteiger partial charge in [0.15, 0.2) is 5.82 Å². The lowest BCUT2D eigenvalue weighted by atomic mass is 10.2. The lowest BCUT2D eigenvalue weighted by molar-refractivity contribution is 0.628. The maximum atomic E-state index is 12.7. The standard InChI is InChI=1S/C10H11FN4/c1-6(12)9-13-10(15-14-9)7-2-4-8(11)5-3-7/h2-6H,12H2,1H3,(H,13,14,15)/t6-/m1/s1. The van der Waals surface area contributed by atoms with Gasteiger partial charge in [-0.3, -0.25) is 5.10 Å². The molecular formula is C10H11FN4. The molecule has 0 spiro atoms. The molecule has 4 nitrogen and oxygen atoms in total. The minimum absolute atomic E-state index is 0.188. The van der Waals surface area contributed by atoms with Crippen molar-refractivity contribution in [2.75, 3.05) is 0 Å². The first-order valence-corrected chi connectivity index (χ1v) is 4.60. The molecule has 0 bridgehead atoms. The molecule has 2 aromatic rings. The highest BCUT2D eigenvalue weighted by molar-refractivity contribution is 5.54. The summed E-state index contributed by atoms with van der Waals surface area (Å²) < 4.78 is 12.7. The molecule has 0 radical (unpaired) electrons. The summed E-state index contributed by atoms with van der Waals surface area (Å²) in [7, 11) is 0. The van der Waals surface area contributed by atoms with Gasteiger partial charge in [-0.05, 0) is 31.2 Å². The molecule has 0 saturated heterocycles. The molecular weight excluding hydrogens is 195 g/mol. The Kier molecular flexibility index (Phi) is 2.47. The van der Waals surface area contributed by atoms with E-state index in [1.807, 2.05) is 6.92 Å². The van der Waals surface area contributed by atoms with Crippen LogP contribution in [0.1, 0.15) is 18.8 Å². The zero-order valence-electron chi connectivity index (χ0n) is 8.24. The third-order valence-corrected chi connectivity index (χ3v) is 2.04. The fraction of sp³-hybridized carbons (Fsp3) is 0.200. The molecule has 2 rings (SSSR count). The van der Waals surface area contributed by atoms with E-state index in [4.69, 9.17) is 5.73 Å². The van der Waals surface area contributed by atoms with Crippen molar-refractivity contribution in [2.24, 2.45) is 5.73 Å². The Morgan fingerprint density at radius 3 is 2.53 bits per heavy atom. The molecule has 3 N–H and O–H groups in total. The van der Waals surface area contributed by atoms with Crippen LogP contribution in [0.5, 0.6) is 0 Å². The summed E-state index contributed by atoms with van der Waals surface area (Å²) in [6.07, 6.45) is 0. The van der Waals surface area contributed by atoms with Crippen LogP contribution in [0.15, 0.2) is 24.3 Å². The third-order valence-electron chi connectivity index (χ3n) is 2.04. The number of rotatable bonds is 2. The maximum Gasteiger partial charge on any atom is 0.181 e. The van der Waals surface area contributed by atoms with Crippen LogP contribution in [-0.2, 0) is 0 Å². The van der Waals surface area contributed by atoms with Gasteiger partial charge in [0.1, 0.15) is 11.6 Å². The van der Waals surface area contributed by atoms with E-state index < -0.39 is 0 Å². The summed E-state index contributed by atoms with van der Waals surface area (Å²) in [5.74, 6) is 0.873. The molecule has 0 aliphatic heterocycles. The van der Waals surface area contributed by atoms with Crippen LogP contribution < -0.4 is 5.73 Å². The number of hydrogen-bond donors (Lipinski definition) is 2. The zero-order valence-corrected chi connectivity index (χ0v) is 8.24. The van der Waals surface area contributed by atoms with E-state index in [-0.39, 0.29) is 11.9 Å². The van der Waals surface area contributed by atoms with Crippen LogP contribution in [-0.4, -0.2) is 15.2 Å². The summed E-state index contributed by atoms with van der Waals surface area (Å²) >= 11 is 0. The summed E-state index contributed by atoms with van der Waals surface area (Å²) in [6.45, 7) is 1.81. The fourth-order valence-electron chi connectivity index (χ4n) is 1.21. The molecule has 0 fully saturated rings. The Hall–Kier alpha value is -1.75. The number of hydrogen-bond acceptors (Lipinski definition) is 3. The molecule has 0 amide bonds. The van der Waals surface area contributed by atoms with Gasteiger partial charge >= 0.3 is 0 Å². The highest BCUT2D eigenvalue weighted by atomic mass is 19.1. The summed E-state index contributed by atoms with van der Waals surface area (Å²) in [5, 5.41) is 6.74. The molecule has 0 aliphatic carbocycles. The highest BCUT2D eigenvalue weighted by Crippen LogP contribution is 2.16. The van der Waals surface area contributed by atoms with E-state index in [2.05, 4.69) is 15.2 Å². The van der Waals surface area contributed by atoms with Crippen LogP contribution >= 0.6 is 0 Å². The number of nitrogens with one attached hydrogen (secondary N) is 1. The average molecular weight is 206 g/mol. The normalized spacial score (nSPS) is 12.7. The van der Waals surface area contributed by atoms with Crippen LogP contribution in [0.3, 0.4) is 0 Å². The first kappa shape index (κ1) is 9.79. The summed E-state index contributed by atoms with van der Waals surface area (Å²) in [4.78, 5) is 4.20. The molecule has 15 heavy (non-hydrogen) atoms. The van der Waals surface area contributed by atoms with Crippen molar-refractivity contribution in [2.45, 2.75) is 13.0 Å². The van der Waals surface area contributed by atoms with Crippen LogP contribution in [0, 0.1) is 5.82 Å². The van der Waals surface area contributed by atoms with Gasteiger partial charge in [-0.15, -0.1) is 0 Å². The predicted molar refractivity (Wildman–Crippen MR) is 54.4 cm³/mol. The lowest BCUT2D eigenvalue weighted by Gasteiger charge is -1.96. The van der Waals surface area contributed by atoms with Crippen molar-refractivity contribution < 1.29 is 4.39 Å². The van der Waals surface area contributed by atoms with Gasteiger partial charge in [0.05, 0.1) is 6.04 Å². The number of aromatic amines is 1. The van der Waals surface area contributed by atoms with Gasteiger partial charge < -0.3 is 5.73 Å². The number of nitrogens with zero attached hydrogens (tertiary/aromatic N) is 2. The van der Waals surface area contributed by atoms with Crippen molar-refractivity contribution >= 4 is 0 Å². The first-order valence-electron chi connectivity index (χ1n) is 4.60. The minimum Gasteiger partial charge on any atom is -0.322 e. The quantitative estimate of drug-likeness (QED) is 0.784. The monoisotopic (exact) mass is 206 g/mol. The van der Waals surface area contributed by atoms with E-state index in [1.165, 1.54) is 12.1 Å². The lowest BCUT2D eigenvalue weighted by Crippen LogP contribution is -2.06. The maximum absolute atomic E-state index is 12.7. The molecule has 1 aromatic carbocycles. The molecule has 5 heteroatoms. The molecule has 1 atom stereocenters. The van der Waals surface area contributed by atoms with Gasteiger partial charge in [0.25, 0.3) is 0 Å². The van der Waals surface area contributed by atoms with E-state index in [1.54, 1.807) is 12.1 Å². The third kappa shape index (κ3) is 2.02. The molecule has 78 valence electrons. The number of nitrogens with two attached hydrogens (primary N) is 1. The Morgan fingerprint density at radius 1 is 1.33 bits per heavy atom. The van der Waals surface area contributed by atoms with Crippen molar-refractivity contribution in [3.8, 4) is 11.4 Å². The second kappa shape index (κ2) is 3.78. The number of aromatic nitrogens is 3. The summed E-state index contributed by atoms with van der Waals surface area (Å²) in [6, 6.07) is 5.81. The van der Waals surface area contributed by atoms with E-state index in [0.717, 1.165) is 5.56 Å². The van der Waals surface area contributed by atoms with E-state index in [9.17, 15) is 4.39 Å². The number of benzene rings is 1. The van der Waals surface area contributed by atoms with E-state index >= 15 is 0 Å². The van der Waals surface area contributed by atoms with Crippen LogP contribution in [0.2, 0.25) is 0 Å². The molecule has 1 heterocycles. The predicted octanol–water partition coefficient (Wildman–Crippen LogP) is 1.63. The fourth-order valence-corrected chi connectivity index (χ4v) is 1.21. The molecule has 0 saturated carbocycles. The summed E-state index contributed by atoms with van der Waals surface area (Å²) in [5.41, 5.74) is 6.40. The Morgan fingerprint density at radius 2 is 2.00 bits per heavy atom. The highest BCUT2D eigenvalue weighted by Gasteiger charge is 2.08. The van der Waals surface area contributed by atoms with Crippen molar-refractivity contribution in [3.05, 3.63) is 35.9 Å². The van der Waals surface area contributed by atoms with Gasteiger partial charge in [-0.1, -0.05) is 0 Å². The zero-order chi connectivity index (χ0) is 10.8. The molecule has 0 aliphatic rings. The Labute approximate surface area is 86.3 Å². The van der Waals surface area contributed by atoms with Crippen molar-refractivity contribution in [3.63, 3.8) is 0 Å². The molecule has 1 aromatic heterocycles. The second-order valence-corrected chi connectivity index (χ2v) is 3.34. The van der Waals surface area contributed by atoms with Crippen molar-refractivity contribution in [1.82, 2.24) is 15.2 Å². The first-order chi connectivity index (χ1) is 7.16. The van der Waals surface area contributed by atoms with Gasteiger partial charge in [0.2, 0.25) is 0 Å². The topological polar surface area (TPSA) is 67.6 Å². The molecule has 0 unspecified atom stereocenters. The minimum atomic E-state index is -0.276. The Bertz CT molecular complexity index is 447. The SMILES string of the molecule is C[C@@H](N)c1nc(-c2ccc(F)cc2)n[nH]1. The van der Waals surface area contributed by atoms with Crippen LogP contribution in [0.25, 0.3) is 11.4 Å². The van der Waals surface area contributed by atoms with Gasteiger partial charge in [-0.2, -0.15) is 5.10 Å². The smallest absolute Gasteiger partial charge is 0.181 e. The van der Waals surface area contributed by atoms with Crippen LogP contribution in [0.4, 0.5) is 4.39 Å². The largest absolute Gasteiger partial charge is 0.322 e. The van der Waals surface area contributed by atoms with Crippen molar-refractivity contribution in [1.29, 1.82) is 0 Å². The number of halogens is 1. The van der Waals surface area contributed by atoms with Gasteiger partial charge in [-0.25, -0.2) is 9.37 Å². The van der Waals surface area contributed by atoms with E-state index in [0.29, 0.717) is 11.6 Å². The Balaban J connectivity index is 2.33. The average Bonchev–Trinajstić information content (AvgIpc) is 2.68. The van der Waals surface area contributed by atoms with Gasteiger partial charge in [0, 0.05) is 5.56 Å². The number of H-pyrrole nitrogens is 1. The second-order valence-electron chi connectivity index (χ2n) is 3.34.